The van der Waals surface area contributed by atoms with Crippen LogP contribution in [0.5, 0.6) is 0 Å². The van der Waals surface area contributed by atoms with Crippen LogP contribution in [0.4, 0.5) is 5.69 Å². The monoisotopic (exact) mass is 366 g/mol. The van der Waals surface area contributed by atoms with Crippen molar-refractivity contribution >= 4 is 29.9 Å². The van der Waals surface area contributed by atoms with Crippen LogP contribution < -0.4 is 22.1 Å². The molecule has 1 aromatic carbocycles. The van der Waals surface area contributed by atoms with Crippen LogP contribution in [0, 0.1) is 0 Å². The van der Waals surface area contributed by atoms with E-state index in [4.69, 9.17) is 11.5 Å². The number of carbonyl (C=O) groups excluding carboxylic acids is 3. The number of primary amides is 1. The fourth-order valence-electron chi connectivity index (χ4n) is 2.02. The molecule has 0 aliphatic carbocycles. The maximum absolute atomic E-state index is 12.1. The quantitative estimate of drug-likeness (QED) is 0.284. The lowest BCUT2D eigenvalue weighted by atomic mass is 10.0. The molecule has 0 saturated carbocycles. The van der Waals surface area contributed by atoms with Gasteiger partial charge in [-0.2, -0.15) is 0 Å². The van der Waals surface area contributed by atoms with Crippen LogP contribution in [-0.2, 0) is 25.6 Å². The molecule has 0 aromatic heterocycles. The highest BCUT2D eigenvalue weighted by molar-refractivity contribution is 5.88. The Morgan fingerprint density at radius 3 is 2.19 bits per heavy atom. The Labute approximate surface area is 152 Å². The Morgan fingerprint density at radius 1 is 1.15 bits per heavy atom. The number of carboxylic acid groups (broad SMARTS) is 1. The molecule has 0 bridgehead atoms. The Balaban J connectivity index is 0.00000301. The van der Waals surface area contributed by atoms with Crippen LogP contribution in [0.3, 0.4) is 0 Å². The standard InChI is InChI=1S/C15H20N4O5.C2H6/c16-10-3-1-9(2-4-10)7-12(15(23)24)19-14(22)11(18-8-20)5-6-13(17)21;1-2/h1-4,8,11-12H,5-7,16H2,(H2,17,21)(H,18,20)(H,19,22)(H,23,24);1-2H3. The van der Waals surface area contributed by atoms with Crippen LogP contribution in [0.25, 0.3) is 0 Å². The van der Waals surface area contributed by atoms with Crippen molar-refractivity contribution < 1.29 is 24.3 Å². The second kappa shape index (κ2) is 12.3. The molecule has 0 aliphatic rings. The SMILES string of the molecule is CC.NC(=O)CCC(NC=O)C(=O)NC(Cc1ccc(N)cc1)C(=O)O. The van der Waals surface area contributed by atoms with Gasteiger partial charge in [0.1, 0.15) is 12.1 Å². The van der Waals surface area contributed by atoms with Gasteiger partial charge in [-0.1, -0.05) is 26.0 Å². The van der Waals surface area contributed by atoms with E-state index in [9.17, 15) is 24.3 Å². The number of nitrogens with two attached hydrogens (primary N) is 2. The largest absolute Gasteiger partial charge is 0.480 e. The van der Waals surface area contributed by atoms with Gasteiger partial charge in [-0.3, -0.25) is 14.4 Å². The lowest BCUT2D eigenvalue weighted by Crippen LogP contribution is -2.51. The Hall–Kier alpha value is -3.10. The van der Waals surface area contributed by atoms with E-state index in [1.165, 1.54) is 0 Å². The molecule has 144 valence electrons. The molecule has 0 aliphatic heterocycles. The molecule has 9 nitrogen and oxygen atoms in total. The molecule has 1 rings (SSSR count). The van der Waals surface area contributed by atoms with Gasteiger partial charge < -0.3 is 27.2 Å². The molecule has 7 N–H and O–H groups in total. The second-order valence-electron chi connectivity index (χ2n) is 5.19. The smallest absolute Gasteiger partial charge is 0.326 e. The molecule has 9 heteroatoms. The summed E-state index contributed by atoms with van der Waals surface area (Å²) in [5, 5.41) is 13.9. The molecular formula is C17H26N4O5. The maximum Gasteiger partial charge on any atom is 0.326 e. The number of aliphatic carboxylic acids is 1. The van der Waals surface area contributed by atoms with Crippen molar-refractivity contribution in [1.82, 2.24) is 10.6 Å². The highest BCUT2D eigenvalue weighted by Gasteiger charge is 2.25. The van der Waals surface area contributed by atoms with Crippen LogP contribution in [0.15, 0.2) is 24.3 Å². The average Bonchev–Trinajstić information content (AvgIpc) is 2.61. The summed E-state index contributed by atoms with van der Waals surface area (Å²) in [6.07, 6.45) is 0.217. The highest BCUT2D eigenvalue weighted by atomic mass is 16.4. The summed E-state index contributed by atoms with van der Waals surface area (Å²) >= 11 is 0. The van der Waals surface area contributed by atoms with Gasteiger partial charge in [0.2, 0.25) is 18.2 Å². The molecule has 0 spiro atoms. The number of nitrogens with one attached hydrogen (secondary N) is 2. The lowest BCUT2D eigenvalue weighted by Gasteiger charge is -2.19. The van der Waals surface area contributed by atoms with Gasteiger partial charge in [-0.05, 0) is 24.1 Å². The summed E-state index contributed by atoms with van der Waals surface area (Å²) in [4.78, 5) is 44.9. The summed E-state index contributed by atoms with van der Waals surface area (Å²) in [7, 11) is 0. The third kappa shape index (κ3) is 8.67. The van der Waals surface area contributed by atoms with E-state index in [1.807, 2.05) is 13.8 Å². The lowest BCUT2D eigenvalue weighted by molar-refractivity contribution is -0.142. The molecule has 2 atom stereocenters. The number of anilines is 1. The summed E-state index contributed by atoms with van der Waals surface area (Å²) in [5.74, 6) is -2.55. The van der Waals surface area contributed by atoms with Crippen molar-refractivity contribution in [2.75, 3.05) is 5.73 Å². The van der Waals surface area contributed by atoms with E-state index in [2.05, 4.69) is 10.6 Å². The third-order valence-corrected chi connectivity index (χ3v) is 3.30. The summed E-state index contributed by atoms with van der Waals surface area (Å²) in [6.45, 7) is 4.00. The van der Waals surface area contributed by atoms with E-state index >= 15 is 0 Å². The number of nitrogen functional groups attached to an aromatic ring is 1. The van der Waals surface area contributed by atoms with Crippen molar-refractivity contribution in [3.05, 3.63) is 29.8 Å². The Kier molecular flexibility index (Phi) is 10.8. The van der Waals surface area contributed by atoms with E-state index in [1.54, 1.807) is 24.3 Å². The van der Waals surface area contributed by atoms with Crippen LogP contribution >= 0.6 is 0 Å². The van der Waals surface area contributed by atoms with Gasteiger partial charge in [-0.15, -0.1) is 0 Å². The molecule has 3 amide bonds. The van der Waals surface area contributed by atoms with Gasteiger partial charge in [-0.25, -0.2) is 4.79 Å². The van der Waals surface area contributed by atoms with Gasteiger partial charge in [0.15, 0.2) is 0 Å². The fourth-order valence-corrected chi connectivity index (χ4v) is 2.02. The van der Waals surface area contributed by atoms with Gasteiger partial charge >= 0.3 is 5.97 Å². The number of hydrogen-bond donors (Lipinski definition) is 5. The first-order chi connectivity index (χ1) is 12.3. The molecule has 2 unspecified atom stereocenters. The normalized spacial score (nSPS) is 11.9. The maximum atomic E-state index is 12.1. The minimum Gasteiger partial charge on any atom is -0.480 e. The van der Waals surface area contributed by atoms with Crippen molar-refractivity contribution in [2.24, 2.45) is 5.73 Å². The minimum absolute atomic E-state index is 0.0197. The van der Waals surface area contributed by atoms with Gasteiger partial charge in [0.25, 0.3) is 0 Å². The Morgan fingerprint density at radius 2 is 1.73 bits per heavy atom. The first-order valence-electron chi connectivity index (χ1n) is 8.19. The van der Waals surface area contributed by atoms with Crippen molar-refractivity contribution in [3.8, 4) is 0 Å². The third-order valence-electron chi connectivity index (χ3n) is 3.30. The minimum atomic E-state index is -1.22. The second-order valence-corrected chi connectivity index (χ2v) is 5.19. The van der Waals surface area contributed by atoms with E-state index < -0.39 is 29.9 Å². The van der Waals surface area contributed by atoms with Crippen molar-refractivity contribution in [1.29, 1.82) is 0 Å². The van der Waals surface area contributed by atoms with E-state index in [-0.39, 0.29) is 19.3 Å². The molecular weight excluding hydrogens is 340 g/mol. The van der Waals surface area contributed by atoms with Crippen LogP contribution in [0.2, 0.25) is 0 Å². The predicted molar refractivity (Wildman–Crippen MR) is 96.9 cm³/mol. The predicted octanol–water partition coefficient (Wildman–Crippen LogP) is -0.213. The fraction of sp³-hybridized carbons (Fsp3) is 0.412. The number of carboxylic acids is 1. The van der Waals surface area contributed by atoms with Gasteiger partial charge in [0, 0.05) is 18.5 Å². The molecule has 0 saturated heterocycles. The topological polar surface area (TPSA) is 165 Å². The summed E-state index contributed by atoms with van der Waals surface area (Å²) in [5.41, 5.74) is 11.8. The zero-order valence-corrected chi connectivity index (χ0v) is 14.9. The van der Waals surface area contributed by atoms with E-state index in [0.717, 1.165) is 0 Å². The zero-order chi connectivity index (χ0) is 20.1. The van der Waals surface area contributed by atoms with Crippen LogP contribution in [0.1, 0.15) is 32.3 Å². The van der Waals surface area contributed by atoms with Crippen LogP contribution in [-0.4, -0.2) is 41.4 Å². The number of amides is 3. The first kappa shape index (κ1) is 22.9. The molecule has 1 aromatic rings. The summed E-state index contributed by atoms with van der Waals surface area (Å²) in [6, 6.07) is 4.34. The highest BCUT2D eigenvalue weighted by Crippen LogP contribution is 2.09. The molecule has 0 heterocycles. The Bertz CT molecular complexity index is 604. The zero-order valence-electron chi connectivity index (χ0n) is 14.9. The number of benzene rings is 1. The number of rotatable bonds is 10. The van der Waals surface area contributed by atoms with Crippen molar-refractivity contribution in [3.63, 3.8) is 0 Å². The molecule has 26 heavy (non-hydrogen) atoms. The first-order valence-corrected chi connectivity index (χ1v) is 8.19. The van der Waals surface area contributed by atoms with Gasteiger partial charge in [0.05, 0.1) is 0 Å². The van der Waals surface area contributed by atoms with E-state index in [0.29, 0.717) is 17.7 Å². The van der Waals surface area contributed by atoms with Crippen molar-refractivity contribution in [2.45, 2.75) is 45.2 Å². The average molecular weight is 366 g/mol. The number of hydrogen-bond acceptors (Lipinski definition) is 5. The molecule has 0 fully saturated rings. The summed E-state index contributed by atoms with van der Waals surface area (Å²) < 4.78 is 0. The molecule has 0 radical (unpaired) electrons. The number of carbonyl (C=O) groups is 4.